The molecule has 1 N–H and O–H groups in total. The van der Waals surface area contributed by atoms with E-state index >= 15 is 0 Å². The summed E-state index contributed by atoms with van der Waals surface area (Å²) < 4.78 is 42.3. The van der Waals surface area contributed by atoms with Gasteiger partial charge in [-0.2, -0.15) is 24.9 Å². The van der Waals surface area contributed by atoms with Crippen LogP contribution in [0.4, 0.5) is 19.0 Å². The highest BCUT2D eigenvalue weighted by Crippen LogP contribution is 2.43. The van der Waals surface area contributed by atoms with Crippen LogP contribution in [-0.4, -0.2) is 88.7 Å². The second-order valence-electron chi connectivity index (χ2n) is 10.4. The molecule has 2 saturated heterocycles. The molecule has 1 aromatic heterocycles. The van der Waals surface area contributed by atoms with Crippen molar-refractivity contribution in [2.75, 3.05) is 45.2 Å². The predicted molar refractivity (Wildman–Crippen MR) is 156 cm³/mol. The Bertz CT molecular complexity index is 1270. The van der Waals surface area contributed by atoms with Crippen molar-refractivity contribution in [2.24, 2.45) is 0 Å². The largest absolute Gasteiger partial charge is 0.430 e. The van der Waals surface area contributed by atoms with Gasteiger partial charge >= 0.3 is 6.18 Å². The fraction of sp³-hybridized carbons (Fsp3) is 0.519. The van der Waals surface area contributed by atoms with Gasteiger partial charge in [0.2, 0.25) is 0 Å². The smallest absolute Gasteiger partial charge is 0.368 e. The first-order valence-corrected chi connectivity index (χ1v) is 15.1. The summed E-state index contributed by atoms with van der Waals surface area (Å²) in [6.45, 7) is 1.70. The Hall–Kier alpha value is -1.92. The maximum absolute atomic E-state index is 14.1. The third kappa shape index (κ3) is 7.01. The molecule has 1 aromatic carbocycles. The Labute approximate surface area is 255 Å². The number of alkyl halides is 3. The number of halogens is 6. The van der Waals surface area contributed by atoms with Gasteiger partial charge in [-0.05, 0) is 56.0 Å². The monoisotopic (exact) mass is 652 g/mol. The summed E-state index contributed by atoms with van der Waals surface area (Å²) in [7, 11) is 3.30. The average molecular weight is 654 g/mol. The van der Waals surface area contributed by atoms with Crippen LogP contribution in [-0.2, 0) is 10.4 Å². The van der Waals surface area contributed by atoms with Crippen molar-refractivity contribution >= 4 is 64.2 Å². The number of aliphatic hydroxyl groups is 1. The number of nitrogens with zero attached hydrogens (tertiary/aromatic N) is 4. The summed E-state index contributed by atoms with van der Waals surface area (Å²) in [5.41, 5.74) is -4.10. The quantitative estimate of drug-likeness (QED) is 0.392. The van der Waals surface area contributed by atoms with E-state index < -0.39 is 23.2 Å². The van der Waals surface area contributed by atoms with Crippen molar-refractivity contribution in [1.82, 2.24) is 14.8 Å². The number of pyridine rings is 1. The highest BCUT2D eigenvalue weighted by atomic mass is 35.5. The van der Waals surface area contributed by atoms with Gasteiger partial charge in [0, 0.05) is 66.4 Å². The molecule has 2 amide bonds. The first-order chi connectivity index (χ1) is 19.2. The van der Waals surface area contributed by atoms with E-state index in [0.29, 0.717) is 29.5 Å². The molecular weight excluding hydrogens is 624 g/mol. The number of carbonyl (C=O) groups excluding carboxylic acids is 2. The highest BCUT2D eigenvalue weighted by molar-refractivity contribution is 8.00. The third-order valence-electron chi connectivity index (χ3n) is 7.35. The van der Waals surface area contributed by atoms with E-state index in [1.165, 1.54) is 11.0 Å². The minimum atomic E-state index is -5.26. The van der Waals surface area contributed by atoms with Gasteiger partial charge < -0.3 is 19.8 Å². The van der Waals surface area contributed by atoms with E-state index in [-0.39, 0.29) is 39.4 Å². The van der Waals surface area contributed by atoms with Gasteiger partial charge in [0.15, 0.2) is 0 Å². The summed E-state index contributed by atoms with van der Waals surface area (Å²) >= 11 is 19.8. The van der Waals surface area contributed by atoms with Crippen molar-refractivity contribution in [1.29, 1.82) is 0 Å². The van der Waals surface area contributed by atoms with Crippen LogP contribution in [0.1, 0.15) is 41.6 Å². The standard InChI is InChI=1S/C27H30Cl3F3N4O3S/c1-35(2)24(38)21-3-4-22(34-23(21)30)36-9-5-19(6-10-36)41-20-7-11-37(12-8-20)25(39)26(40,27(31,32)33)16-13-17(28)15-18(29)14-16/h3-4,13-15,19-20,40H,5-12H2,1-2H3/t26-/m1/s1. The number of rotatable bonds is 6. The maximum Gasteiger partial charge on any atom is 0.430 e. The number of hydrogen-bond acceptors (Lipinski definition) is 6. The number of thioether (sulfide) groups is 1. The molecule has 3 heterocycles. The Morgan fingerprint density at radius 1 is 0.951 bits per heavy atom. The normalized spacial score (nSPS) is 18.8. The lowest BCUT2D eigenvalue weighted by molar-refractivity contribution is -0.262. The van der Waals surface area contributed by atoms with Crippen molar-refractivity contribution in [3.63, 3.8) is 0 Å². The number of benzene rings is 1. The van der Waals surface area contributed by atoms with E-state index in [0.717, 1.165) is 43.0 Å². The molecule has 2 aliphatic rings. The first kappa shape index (κ1) is 32.0. The van der Waals surface area contributed by atoms with Gasteiger partial charge in [-0.15, -0.1) is 0 Å². The van der Waals surface area contributed by atoms with Crippen LogP contribution in [0.5, 0.6) is 0 Å². The zero-order valence-electron chi connectivity index (χ0n) is 22.4. The van der Waals surface area contributed by atoms with Crippen LogP contribution in [0.15, 0.2) is 30.3 Å². The van der Waals surface area contributed by atoms with Gasteiger partial charge in [-0.1, -0.05) is 34.8 Å². The van der Waals surface area contributed by atoms with E-state index in [1.54, 1.807) is 38.0 Å². The van der Waals surface area contributed by atoms with Gasteiger partial charge in [0.1, 0.15) is 11.0 Å². The second kappa shape index (κ2) is 12.8. The van der Waals surface area contributed by atoms with Crippen LogP contribution in [0.2, 0.25) is 15.2 Å². The molecule has 0 aliphatic carbocycles. The molecule has 2 fully saturated rings. The Morgan fingerprint density at radius 2 is 1.49 bits per heavy atom. The number of aromatic nitrogens is 1. The summed E-state index contributed by atoms with van der Waals surface area (Å²) in [6.07, 6.45) is -2.48. The average Bonchev–Trinajstić information content (AvgIpc) is 2.91. The molecule has 2 aliphatic heterocycles. The first-order valence-electron chi connectivity index (χ1n) is 13.0. The number of likely N-dealkylation sites (tertiary alicyclic amines) is 1. The zero-order chi connectivity index (χ0) is 30.1. The summed E-state index contributed by atoms with van der Waals surface area (Å²) in [5.74, 6) is -0.933. The van der Waals surface area contributed by atoms with Crippen molar-refractivity contribution < 1.29 is 27.9 Å². The van der Waals surface area contributed by atoms with E-state index in [1.807, 2.05) is 0 Å². The number of anilines is 1. The number of hydrogen-bond donors (Lipinski definition) is 1. The summed E-state index contributed by atoms with van der Waals surface area (Å²) in [4.78, 5) is 34.4. The predicted octanol–water partition coefficient (Wildman–Crippen LogP) is 5.89. The summed E-state index contributed by atoms with van der Waals surface area (Å²) in [6, 6.07) is 6.53. The van der Waals surface area contributed by atoms with Crippen molar-refractivity contribution in [3.8, 4) is 0 Å². The molecule has 14 heteroatoms. The van der Waals surface area contributed by atoms with Gasteiger partial charge in [0.05, 0.1) is 5.56 Å². The molecule has 1 atom stereocenters. The van der Waals surface area contributed by atoms with Crippen LogP contribution in [0, 0.1) is 0 Å². The van der Waals surface area contributed by atoms with Crippen LogP contribution >= 0.6 is 46.6 Å². The lowest BCUT2D eigenvalue weighted by Crippen LogP contribution is -2.57. The molecule has 2 aromatic rings. The fourth-order valence-electron chi connectivity index (χ4n) is 5.09. The number of carbonyl (C=O) groups is 2. The van der Waals surface area contributed by atoms with Crippen LogP contribution in [0.3, 0.4) is 0 Å². The molecule has 41 heavy (non-hydrogen) atoms. The Morgan fingerprint density at radius 3 is 1.98 bits per heavy atom. The zero-order valence-corrected chi connectivity index (χ0v) is 25.5. The fourth-order valence-corrected chi connectivity index (χ4v) is 7.36. The van der Waals surface area contributed by atoms with E-state index in [4.69, 9.17) is 34.8 Å². The summed E-state index contributed by atoms with van der Waals surface area (Å²) in [5, 5.41) is 11.2. The highest BCUT2D eigenvalue weighted by Gasteiger charge is 2.62. The van der Waals surface area contributed by atoms with Gasteiger partial charge in [-0.25, -0.2) is 4.98 Å². The minimum Gasteiger partial charge on any atom is -0.368 e. The van der Waals surface area contributed by atoms with Crippen LogP contribution in [0.25, 0.3) is 0 Å². The topological polar surface area (TPSA) is 77.0 Å². The lowest BCUT2D eigenvalue weighted by atomic mass is 9.90. The van der Waals surface area contributed by atoms with Crippen molar-refractivity contribution in [2.45, 2.75) is 48.0 Å². The maximum atomic E-state index is 14.1. The van der Waals surface area contributed by atoms with Crippen LogP contribution < -0.4 is 4.90 Å². The van der Waals surface area contributed by atoms with Crippen molar-refractivity contribution in [3.05, 3.63) is 56.7 Å². The van der Waals surface area contributed by atoms with E-state index in [9.17, 15) is 27.9 Å². The molecule has 0 spiro atoms. The van der Waals surface area contributed by atoms with Gasteiger partial charge in [0.25, 0.3) is 17.4 Å². The molecule has 0 bridgehead atoms. The molecule has 224 valence electrons. The van der Waals surface area contributed by atoms with Gasteiger partial charge in [-0.3, -0.25) is 9.59 Å². The Balaban J connectivity index is 1.32. The minimum absolute atomic E-state index is 0.0997. The Kier molecular flexibility index (Phi) is 9.95. The molecule has 4 rings (SSSR count). The molecule has 0 radical (unpaired) electrons. The SMILES string of the molecule is CN(C)C(=O)c1ccc(N2CCC(SC3CCN(C(=O)[C@](O)(c4cc(Cl)cc(Cl)c4)C(F)(F)F)CC3)CC2)nc1Cl. The number of piperidine rings is 2. The molecule has 0 saturated carbocycles. The number of amides is 2. The van der Waals surface area contributed by atoms with E-state index in [2.05, 4.69) is 9.88 Å². The molecule has 7 nitrogen and oxygen atoms in total. The second-order valence-corrected chi connectivity index (χ2v) is 13.2. The lowest BCUT2D eigenvalue weighted by Gasteiger charge is -2.40. The molecule has 0 unspecified atom stereocenters. The third-order valence-corrected chi connectivity index (χ3v) is 9.79. The molecular formula is C27H30Cl3F3N4O3S.